The van der Waals surface area contributed by atoms with E-state index in [2.05, 4.69) is 15.5 Å². The lowest BCUT2D eigenvalue weighted by molar-refractivity contribution is 0.346. The standard InChI is InChI=1S/C23H27N5O2S2/c1-27(2)20-10-6-18(7-11-20)16-24-26-23-25-22(17-31-23)19-8-12-21(13-9-19)32(29,30)28-14-4-3-5-15-28/h6-13,16-17H,3-5,14-15H2,1-2H3,(H,25,26)/b24-16-. The Balaban J connectivity index is 1.40. The van der Waals surface area contributed by atoms with Gasteiger partial charge in [0, 0.05) is 43.8 Å². The van der Waals surface area contributed by atoms with Crippen LogP contribution in [0.4, 0.5) is 10.8 Å². The van der Waals surface area contributed by atoms with Crippen molar-refractivity contribution < 1.29 is 8.42 Å². The molecule has 0 amide bonds. The highest BCUT2D eigenvalue weighted by molar-refractivity contribution is 7.89. The molecule has 0 bridgehead atoms. The number of rotatable bonds is 7. The van der Waals surface area contributed by atoms with Gasteiger partial charge in [-0.05, 0) is 42.7 Å². The van der Waals surface area contributed by atoms with E-state index in [1.165, 1.54) is 11.3 Å². The molecule has 0 aliphatic carbocycles. The molecule has 3 aromatic rings. The van der Waals surface area contributed by atoms with Gasteiger partial charge in [0.25, 0.3) is 0 Å². The van der Waals surface area contributed by atoms with E-state index in [9.17, 15) is 8.42 Å². The van der Waals surface area contributed by atoms with Crippen LogP contribution in [0.3, 0.4) is 0 Å². The van der Waals surface area contributed by atoms with E-state index in [1.54, 1.807) is 22.7 Å². The van der Waals surface area contributed by atoms with E-state index in [1.807, 2.05) is 60.8 Å². The first-order chi connectivity index (χ1) is 15.4. The second-order valence-electron chi connectivity index (χ2n) is 7.88. The van der Waals surface area contributed by atoms with E-state index in [-0.39, 0.29) is 0 Å². The molecule has 4 rings (SSSR count). The zero-order chi connectivity index (χ0) is 22.6. The number of sulfonamides is 1. The van der Waals surface area contributed by atoms with Crippen molar-refractivity contribution >= 4 is 38.4 Å². The van der Waals surface area contributed by atoms with Crippen molar-refractivity contribution in [2.45, 2.75) is 24.2 Å². The molecule has 7 nitrogen and oxygen atoms in total. The average Bonchev–Trinajstić information content (AvgIpc) is 3.29. The summed E-state index contributed by atoms with van der Waals surface area (Å²) in [6.45, 7) is 1.21. The maximum atomic E-state index is 12.8. The molecule has 1 saturated heterocycles. The molecule has 1 aliphatic heterocycles. The van der Waals surface area contributed by atoms with Gasteiger partial charge < -0.3 is 4.90 Å². The SMILES string of the molecule is CN(C)c1ccc(/C=N\Nc2nc(-c3ccc(S(=O)(=O)N4CCCCC4)cc3)cs2)cc1. The highest BCUT2D eigenvalue weighted by Crippen LogP contribution is 2.27. The van der Waals surface area contributed by atoms with Crippen LogP contribution in [0, 0.1) is 0 Å². The van der Waals surface area contributed by atoms with E-state index < -0.39 is 10.0 Å². The second kappa shape index (κ2) is 9.81. The monoisotopic (exact) mass is 469 g/mol. The first-order valence-electron chi connectivity index (χ1n) is 10.6. The fourth-order valence-corrected chi connectivity index (χ4v) is 5.72. The molecule has 2 aromatic carbocycles. The zero-order valence-electron chi connectivity index (χ0n) is 18.2. The smallest absolute Gasteiger partial charge is 0.243 e. The van der Waals surface area contributed by atoms with Gasteiger partial charge in [-0.2, -0.15) is 9.41 Å². The molecule has 32 heavy (non-hydrogen) atoms. The first kappa shape index (κ1) is 22.4. The average molecular weight is 470 g/mol. The number of hydrogen-bond acceptors (Lipinski definition) is 7. The van der Waals surface area contributed by atoms with Gasteiger partial charge in [0.2, 0.25) is 15.2 Å². The molecule has 0 saturated carbocycles. The maximum absolute atomic E-state index is 12.8. The number of hydrogen-bond donors (Lipinski definition) is 1. The third-order valence-corrected chi connectivity index (χ3v) is 8.05. The van der Waals surface area contributed by atoms with Gasteiger partial charge in [-0.3, -0.25) is 5.43 Å². The summed E-state index contributed by atoms with van der Waals surface area (Å²) in [6, 6.07) is 15.1. The highest BCUT2D eigenvalue weighted by atomic mass is 32.2. The Labute approximate surface area is 193 Å². The van der Waals surface area contributed by atoms with Crippen molar-refractivity contribution in [3.8, 4) is 11.3 Å². The van der Waals surface area contributed by atoms with Crippen molar-refractivity contribution in [1.82, 2.24) is 9.29 Å². The largest absolute Gasteiger partial charge is 0.378 e. The third-order valence-electron chi connectivity index (χ3n) is 5.39. The predicted octanol–water partition coefficient (Wildman–Crippen LogP) is 4.50. The molecular formula is C23H27N5O2S2. The van der Waals surface area contributed by atoms with Gasteiger partial charge in [-0.1, -0.05) is 30.7 Å². The molecule has 1 aliphatic rings. The van der Waals surface area contributed by atoms with Crippen molar-refractivity contribution in [1.29, 1.82) is 0 Å². The van der Waals surface area contributed by atoms with Crippen LogP contribution in [-0.4, -0.2) is 51.1 Å². The summed E-state index contributed by atoms with van der Waals surface area (Å²) in [5.74, 6) is 0. The van der Waals surface area contributed by atoms with Crippen molar-refractivity contribution in [2.75, 3.05) is 37.5 Å². The van der Waals surface area contributed by atoms with Crippen molar-refractivity contribution in [2.24, 2.45) is 5.10 Å². The van der Waals surface area contributed by atoms with Crippen LogP contribution in [0.2, 0.25) is 0 Å². The van der Waals surface area contributed by atoms with E-state index in [0.29, 0.717) is 23.1 Å². The Hall–Kier alpha value is -2.75. The van der Waals surface area contributed by atoms with Gasteiger partial charge in [0.1, 0.15) is 0 Å². The molecule has 9 heteroatoms. The number of aromatic nitrogens is 1. The number of hydrazone groups is 1. The summed E-state index contributed by atoms with van der Waals surface area (Å²) >= 11 is 1.45. The quantitative estimate of drug-likeness (QED) is 0.407. The predicted molar refractivity (Wildman–Crippen MR) is 132 cm³/mol. The number of benzene rings is 2. The summed E-state index contributed by atoms with van der Waals surface area (Å²) < 4.78 is 27.2. The zero-order valence-corrected chi connectivity index (χ0v) is 19.9. The Morgan fingerprint density at radius 1 is 1.03 bits per heavy atom. The normalized spacial score (nSPS) is 15.2. The van der Waals surface area contributed by atoms with Crippen molar-refractivity contribution in [3.63, 3.8) is 0 Å². The summed E-state index contributed by atoms with van der Waals surface area (Å²) in [5.41, 5.74) is 6.74. The van der Waals surface area contributed by atoms with Gasteiger partial charge in [-0.25, -0.2) is 13.4 Å². The Kier molecular flexibility index (Phi) is 6.88. The van der Waals surface area contributed by atoms with E-state index in [4.69, 9.17) is 0 Å². The van der Waals surface area contributed by atoms with Crippen LogP contribution in [0.25, 0.3) is 11.3 Å². The van der Waals surface area contributed by atoms with Crippen LogP contribution in [0.1, 0.15) is 24.8 Å². The molecule has 0 atom stereocenters. The number of anilines is 2. The molecular weight excluding hydrogens is 442 g/mol. The second-order valence-corrected chi connectivity index (χ2v) is 10.7. The molecule has 0 unspecified atom stereocenters. The van der Waals surface area contributed by atoms with Crippen LogP contribution >= 0.6 is 11.3 Å². The fourth-order valence-electron chi connectivity index (χ4n) is 3.53. The molecule has 2 heterocycles. The topological polar surface area (TPSA) is 77.9 Å². The number of piperidine rings is 1. The van der Waals surface area contributed by atoms with Crippen LogP contribution in [-0.2, 0) is 10.0 Å². The molecule has 1 fully saturated rings. The molecule has 0 spiro atoms. The summed E-state index contributed by atoms with van der Waals surface area (Å²) in [4.78, 5) is 6.94. The first-order valence-corrected chi connectivity index (χ1v) is 12.9. The minimum absolute atomic E-state index is 0.335. The van der Waals surface area contributed by atoms with Crippen LogP contribution < -0.4 is 10.3 Å². The summed E-state index contributed by atoms with van der Waals surface area (Å²) in [7, 11) is 0.591. The Morgan fingerprint density at radius 2 is 1.72 bits per heavy atom. The van der Waals surface area contributed by atoms with Crippen LogP contribution in [0.5, 0.6) is 0 Å². The minimum Gasteiger partial charge on any atom is -0.378 e. The van der Waals surface area contributed by atoms with Gasteiger partial charge >= 0.3 is 0 Å². The molecule has 168 valence electrons. The number of thiazole rings is 1. The Morgan fingerprint density at radius 3 is 2.38 bits per heavy atom. The lowest BCUT2D eigenvalue weighted by Gasteiger charge is -2.25. The van der Waals surface area contributed by atoms with E-state index >= 15 is 0 Å². The van der Waals surface area contributed by atoms with Gasteiger partial charge in [-0.15, -0.1) is 11.3 Å². The summed E-state index contributed by atoms with van der Waals surface area (Å²) in [5, 5.41) is 6.87. The number of nitrogens with one attached hydrogen (secondary N) is 1. The lowest BCUT2D eigenvalue weighted by atomic mass is 10.2. The molecule has 0 radical (unpaired) electrons. The van der Waals surface area contributed by atoms with Gasteiger partial charge in [0.15, 0.2) is 0 Å². The van der Waals surface area contributed by atoms with Gasteiger partial charge in [0.05, 0.1) is 16.8 Å². The lowest BCUT2D eigenvalue weighted by Crippen LogP contribution is -2.35. The highest BCUT2D eigenvalue weighted by Gasteiger charge is 2.25. The Bertz CT molecular complexity index is 1160. The maximum Gasteiger partial charge on any atom is 0.243 e. The van der Waals surface area contributed by atoms with Crippen LogP contribution in [0.15, 0.2) is 63.9 Å². The molecule has 1 aromatic heterocycles. The molecule has 1 N–H and O–H groups in total. The van der Waals surface area contributed by atoms with E-state index in [0.717, 1.165) is 41.8 Å². The number of nitrogens with zero attached hydrogens (tertiary/aromatic N) is 4. The minimum atomic E-state index is -3.42. The van der Waals surface area contributed by atoms with Crippen molar-refractivity contribution in [3.05, 3.63) is 59.5 Å². The fraction of sp³-hybridized carbons (Fsp3) is 0.304. The summed E-state index contributed by atoms with van der Waals surface area (Å²) in [6.07, 6.45) is 4.70. The third kappa shape index (κ3) is 5.17.